The summed E-state index contributed by atoms with van der Waals surface area (Å²) in [7, 11) is 0. The molecule has 0 fully saturated rings. The van der Waals surface area contributed by atoms with Crippen LogP contribution in [0, 0.1) is 11.3 Å². The van der Waals surface area contributed by atoms with E-state index < -0.39 is 0 Å². The Balaban J connectivity index is 2.48. The second-order valence-corrected chi connectivity index (χ2v) is 0.658. The highest BCUT2D eigenvalue weighted by atomic mass is 14.5. The molecule has 0 saturated carbocycles. The average molecular weight is 69.1 g/mol. The minimum atomic E-state index is 0.233. The number of hydrogen-bond donors (Lipinski definition) is 0. The minimum absolute atomic E-state index is 0.233. The first-order valence-electron chi connectivity index (χ1n) is 1.43. The molecule has 0 aliphatic carbocycles. The summed E-state index contributed by atoms with van der Waals surface area (Å²) in [6.07, 6.45) is 0.361. The van der Waals surface area contributed by atoms with Crippen LogP contribution >= 0.6 is 0 Å². The Morgan fingerprint density at radius 3 is 2.40 bits per heavy atom. The van der Waals surface area contributed by atoms with Crippen LogP contribution in [0.5, 0.6) is 0 Å². The number of nitrogens with one attached hydrogen (secondary N) is 1. The van der Waals surface area contributed by atoms with Crippen LogP contribution in [0.2, 0.25) is 0 Å². The van der Waals surface area contributed by atoms with Gasteiger partial charge in [0, 0.05) is 13.0 Å². The third-order valence-electron chi connectivity index (χ3n) is 0.237. The van der Waals surface area contributed by atoms with Crippen LogP contribution in [0.1, 0.15) is 6.42 Å². The van der Waals surface area contributed by atoms with Gasteiger partial charge in [-0.05, 0) is 0 Å². The monoisotopic (exact) mass is 69.0 g/mol. The first kappa shape index (κ1) is 4.45. The molecule has 2 nitrogen and oxygen atoms in total. The van der Waals surface area contributed by atoms with E-state index in [9.17, 15) is 0 Å². The lowest BCUT2D eigenvalue weighted by Crippen LogP contribution is -1.76. The first-order valence-corrected chi connectivity index (χ1v) is 1.43. The molecule has 27 valence electrons. The van der Waals surface area contributed by atoms with Gasteiger partial charge in [0.15, 0.2) is 0 Å². The lowest BCUT2D eigenvalue weighted by molar-refractivity contribution is 0.985. The van der Waals surface area contributed by atoms with Gasteiger partial charge in [-0.15, -0.1) is 0 Å². The summed E-state index contributed by atoms with van der Waals surface area (Å²) in [5.41, 5.74) is 6.38. The molecule has 1 N–H and O–H groups in total. The van der Waals surface area contributed by atoms with Gasteiger partial charge in [-0.2, -0.15) is 5.26 Å². The normalized spacial score (nSPS) is 6.40. The van der Waals surface area contributed by atoms with Gasteiger partial charge < -0.3 is 0 Å². The maximum Gasteiger partial charge on any atom is 0.0635 e. The van der Waals surface area contributed by atoms with Gasteiger partial charge in [0.2, 0.25) is 0 Å². The van der Waals surface area contributed by atoms with Crippen LogP contribution in [-0.2, 0) is 0 Å². The predicted octanol–water partition coefficient (Wildman–Crippen LogP) is 0.183. The number of rotatable bonds is 1. The highest BCUT2D eigenvalue weighted by Gasteiger charge is 1.66. The van der Waals surface area contributed by atoms with E-state index in [4.69, 9.17) is 11.0 Å². The standard InChI is InChI=1S/C3H5N2/c4-2-1-3-5/h4H,1-2H2. The van der Waals surface area contributed by atoms with Crippen LogP contribution < -0.4 is 5.73 Å². The van der Waals surface area contributed by atoms with E-state index in [0.717, 1.165) is 0 Å². The van der Waals surface area contributed by atoms with Crippen LogP contribution in [0.25, 0.3) is 0 Å². The van der Waals surface area contributed by atoms with Gasteiger partial charge >= 0.3 is 0 Å². The van der Waals surface area contributed by atoms with Crippen molar-refractivity contribution in [2.75, 3.05) is 6.54 Å². The average Bonchev–Trinajstić information content (AvgIpc) is 1.41. The second-order valence-electron chi connectivity index (χ2n) is 0.658. The van der Waals surface area contributed by atoms with Gasteiger partial charge in [-0.1, -0.05) is 0 Å². The molecular formula is C3H5N2. The summed E-state index contributed by atoms with van der Waals surface area (Å²) in [4.78, 5) is 0. The molecule has 0 rings (SSSR count). The Labute approximate surface area is 31.2 Å². The highest BCUT2D eigenvalue weighted by molar-refractivity contribution is 4.67. The quantitative estimate of drug-likeness (QED) is 0.433. The molecule has 0 atom stereocenters. The molecule has 0 heterocycles. The zero-order valence-electron chi connectivity index (χ0n) is 2.86. The number of nitrogens with zero attached hydrogens (tertiary/aromatic N) is 1. The fraction of sp³-hybridized carbons (Fsp3) is 0.667. The Bertz CT molecular complexity index is 43.3. The van der Waals surface area contributed by atoms with E-state index in [1.54, 1.807) is 0 Å². The van der Waals surface area contributed by atoms with E-state index in [2.05, 4.69) is 0 Å². The molecule has 0 aromatic heterocycles. The summed E-state index contributed by atoms with van der Waals surface area (Å²) in [6, 6.07) is 1.83. The molecule has 0 unspecified atom stereocenters. The van der Waals surface area contributed by atoms with Crippen LogP contribution in [-0.4, -0.2) is 6.54 Å². The smallest absolute Gasteiger partial charge is 0.0635 e. The van der Waals surface area contributed by atoms with E-state index in [-0.39, 0.29) is 6.54 Å². The van der Waals surface area contributed by atoms with Crippen LogP contribution in [0.3, 0.4) is 0 Å². The van der Waals surface area contributed by atoms with Gasteiger partial charge in [0.25, 0.3) is 0 Å². The van der Waals surface area contributed by atoms with Gasteiger partial charge in [0.1, 0.15) is 0 Å². The minimum Gasteiger partial charge on any atom is -0.257 e. The Morgan fingerprint density at radius 2 is 2.40 bits per heavy atom. The van der Waals surface area contributed by atoms with Gasteiger partial charge in [0.05, 0.1) is 6.07 Å². The lowest BCUT2D eigenvalue weighted by Gasteiger charge is -1.66. The SMILES string of the molecule is N#CCC[NH]. The molecule has 2 heteroatoms. The van der Waals surface area contributed by atoms with Crippen LogP contribution in [0.15, 0.2) is 0 Å². The van der Waals surface area contributed by atoms with Crippen molar-refractivity contribution in [2.45, 2.75) is 6.42 Å². The molecule has 0 aliphatic heterocycles. The van der Waals surface area contributed by atoms with Crippen molar-refractivity contribution < 1.29 is 0 Å². The Hall–Kier alpha value is -0.550. The molecule has 0 amide bonds. The topological polar surface area (TPSA) is 47.6 Å². The third kappa shape index (κ3) is 3.45. The van der Waals surface area contributed by atoms with Crippen molar-refractivity contribution in [3.8, 4) is 6.07 Å². The predicted molar refractivity (Wildman–Crippen MR) is 18.2 cm³/mol. The zero-order valence-corrected chi connectivity index (χ0v) is 2.86. The van der Waals surface area contributed by atoms with Crippen molar-refractivity contribution >= 4 is 0 Å². The highest BCUT2D eigenvalue weighted by Crippen LogP contribution is 1.61. The summed E-state index contributed by atoms with van der Waals surface area (Å²) < 4.78 is 0. The first-order chi connectivity index (χ1) is 2.41. The fourth-order valence-electron chi connectivity index (χ4n) is 0.0559. The summed E-state index contributed by atoms with van der Waals surface area (Å²) >= 11 is 0. The largest absolute Gasteiger partial charge is 0.257 e. The molecule has 0 aromatic carbocycles. The van der Waals surface area contributed by atoms with E-state index in [1.807, 2.05) is 6.07 Å². The molecule has 0 aliphatic rings. The summed E-state index contributed by atoms with van der Waals surface area (Å²) in [6.45, 7) is 0.233. The van der Waals surface area contributed by atoms with E-state index >= 15 is 0 Å². The maximum absolute atomic E-state index is 7.70. The van der Waals surface area contributed by atoms with Gasteiger partial charge in [-0.25, -0.2) is 0 Å². The number of hydrogen-bond acceptors (Lipinski definition) is 1. The molecule has 0 bridgehead atoms. The van der Waals surface area contributed by atoms with Crippen molar-refractivity contribution in [1.82, 2.24) is 5.73 Å². The molecule has 0 spiro atoms. The Morgan fingerprint density at radius 1 is 1.80 bits per heavy atom. The zero-order chi connectivity index (χ0) is 4.12. The summed E-state index contributed by atoms with van der Waals surface area (Å²) in [5, 5.41) is 7.70. The molecule has 0 saturated heterocycles. The molecular weight excluding hydrogens is 64.0 g/mol. The Kier molecular flexibility index (Phi) is 3.07. The maximum atomic E-state index is 7.70. The van der Waals surface area contributed by atoms with Crippen LogP contribution in [0.4, 0.5) is 0 Å². The molecule has 0 aromatic rings. The molecule has 1 radical (unpaired) electrons. The molecule has 5 heavy (non-hydrogen) atoms. The van der Waals surface area contributed by atoms with Crippen molar-refractivity contribution in [3.05, 3.63) is 0 Å². The summed E-state index contributed by atoms with van der Waals surface area (Å²) in [5.74, 6) is 0. The van der Waals surface area contributed by atoms with E-state index in [0.29, 0.717) is 6.42 Å². The van der Waals surface area contributed by atoms with Gasteiger partial charge in [-0.3, -0.25) is 5.73 Å². The van der Waals surface area contributed by atoms with Crippen molar-refractivity contribution in [1.29, 1.82) is 5.26 Å². The lowest BCUT2D eigenvalue weighted by atomic mass is 10.5. The number of nitriles is 1. The van der Waals surface area contributed by atoms with Crippen molar-refractivity contribution in [2.24, 2.45) is 0 Å². The third-order valence-corrected chi connectivity index (χ3v) is 0.237. The second kappa shape index (κ2) is 3.45. The van der Waals surface area contributed by atoms with E-state index in [1.165, 1.54) is 0 Å². The fourth-order valence-corrected chi connectivity index (χ4v) is 0.0559. The van der Waals surface area contributed by atoms with Crippen molar-refractivity contribution in [3.63, 3.8) is 0 Å².